The number of nitrogens with one attached hydrogen (secondary N) is 1. The number of aromatic nitrogens is 1. The molecule has 0 radical (unpaired) electrons. The monoisotopic (exact) mass is 241 g/mol. The molecule has 94 valence electrons. The van der Waals surface area contributed by atoms with Gasteiger partial charge in [-0.05, 0) is 30.5 Å². The highest BCUT2D eigenvalue weighted by Crippen LogP contribution is 2.17. The van der Waals surface area contributed by atoms with Crippen molar-refractivity contribution in [3.8, 4) is 0 Å². The highest BCUT2D eigenvalue weighted by molar-refractivity contribution is 5.21. The van der Waals surface area contributed by atoms with E-state index in [0.29, 0.717) is 0 Å². The van der Waals surface area contributed by atoms with Gasteiger partial charge in [0.05, 0.1) is 6.17 Å². The molecule has 1 aromatic heterocycles. The van der Waals surface area contributed by atoms with Gasteiger partial charge in [-0.1, -0.05) is 36.4 Å². The first kappa shape index (κ1) is 12.7. The lowest BCUT2D eigenvalue weighted by molar-refractivity contribution is 0.461. The second-order valence-corrected chi connectivity index (χ2v) is 4.48. The summed E-state index contributed by atoms with van der Waals surface area (Å²) < 4.78 is 0. The van der Waals surface area contributed by atoms with E-state index >= 15 is 0 Å². The van der Waals surface area contributed by atoms with Crippen LogP contribution in [0.3, 0.4) is 0 Å². The molecule has 3 nitrogen and oxygen atoms in total. The van der Waals surface area contributed by atoms with Crippen LogP contribution in [-0.2, 0) is 6.42 Å². The Morgan fingerprint density at radius 3 is 2.56 bits per heavy atom. The molecule has 18 heavy (non-hydrogen) atoms. The van der Waals surface area contributed by atoms with E-state index in [1.807, 2.05) is 25.3 Å². The average Bonchev–Trinajstić information content (AvgIpc) is 2.40. The number of benzene rings is 1. The van der Waals surface area contributed by atoms with Crippen molar-refractivity contribution < 1.29 is 0 Å². The van der Waals surface area contributed by atoms with Gasteiger partial charge >= 0.3 is 0 Å². The molecule has 0 fully saturated rings. The van der Waals surface area contributed by atoms with Crippen molar-refractivity contribution in [3.63, 3.8) is 0 Å². The molecule has 0 aliphatic carbocycles. The molecule has 2 rings (SSSR count). The summed E-state index contributed by atoms with van der Waals surface area (Å²) >= 11 is 0. The van der Waals surface area contributed by atoms with E-state index in [2.05, 4.69) is 40.6 Å². The summed E-state index contributed by atoms with van der Waals surface area (Å²) in [7, 11) is 0. The Kier molecular flexibility index (Phi) is 4.45. The topological polar surface area (TPSA) is 50.9 Å². The van der Waals surface area contributed by atoms with Gasteiger partial charge in [-0.2, -0.15) is 0 Å². The van der Waals surface area contributed by atoms with Gasteiger partial charge in [0.1, 0.15) is 0 Å². The maximum atomic E-state index is 5.85. The third-order valence-corrected chi connectivity index (χ3v) is 2.83. The van der Waals surface area contributed by atoms with Gasteiger partial charge in [0.2, 0.25) is 0 Å². The Hall–Kier alpha value is -1.71. The molecule has 2 unspecified atom stereocenters. The second-order valence-electron chi connectivity index (χ2n) is 4.48. The maximum absolute atomic E-state index is 5.85. The smallest absolute Gasteiger partial charge is 0.0521 e. The minimum atomic E-state index is -0.0427. The molecular formula is C15H19N3. The molecule has 0 bridgehead atoms. The van der Waals surface area contributed by atoms with Crippen molar-refractivity contribution in [1.29, 1.82) is 0 Å². The minimum Gasteiger partial charge on any atom is -0.316 e. The summed E-state index contributed by atoms with van der Waals surface area (Å²) in [6, 6.07) is 14.6. The van der Waals surface area contributed by atoms with Gasteiger partial charge in [-0.3, -0.25) is 10.3 Å². The number of nitrogens with zero attached hydrogens (tertiary/aromatic N) is 1. The van der Waals surface area contributed by atoms with Crippen molar-refractivity contribution in [3.05, 3.63) is 66.0 Å². The third kappa shape index (κ3) is 3.65. The average molecular weight is 241 g/mol. The van der Waals surface area contributed by atoms with Crippen LogP contribution >= 0.6 is 0 Å². The summed E-state index contributed by atoms with van der Waals surface area (Å²) in [5.74, 6) is 0. The molecular weight excluding hydrogens is 222 g/mol. The molecule has 3 heteroatoms. The van der Waals surface area contributed by atoms with Crippen molar-refractivity contribution >= 4 is 0 Å². The van der Waals surface area contributed by atoms with E-state index in [0.717, 1.165) is 6.42 Å². The summed E-state index contributed by atoms with van der Waals surface area (Å²) in [6.45, 7) is 1.95. The summed E-state index contributed by atoms with van der Waals surface area (Å²) in [4.78, 5) is 4.17. The van der Waals surface area contributed by atoms with E-state index < -0.39 is 0 Å². The molecule has 0 aliphatic rings. The van der Waals surface area contributed by atoms with Gasteiger partial charge in [0.25, 0.3) is 0 Å². The fourth-order valence-corrected chi connectivity index (χ4v) is 2.02. The van der Waals surface area contributed by atoms with E-state index in [1.165, 1.54) is 11.1 Å². The first-order valence-electron chi connectivity index (χ1n) is 6.21. The van der Waals surface area contributed by atoms with Crippen LogP contribution in [0.25, 0.3) is 0 Å². The zero-order valence-corrected chi connectivity index (χ0v) is 10.6. The Morgan fingerprint density at radius 1 is 1.17 bits per heavy atom. The zero-order chi connectivity index (χ0) is 12.8. The second kappa shape index (κ2) is 6.28. The molecule has 0 amide bonds. The number of hydrogen-bond donors (Lipinski definition) is 2. The largest absolute Gasteiger partial charge is 0.316 e. The SMILES string of the molecule is CC(N)NC(Cc1ccccc1)c1cccnc1. The summed E-state index contributed by atoms with van der Waals surface area (Å²) in [5, 5.41) is 3.38. The molecule has 1 aromatic carbocycles. The highest BCUT2D eigenvalue weighted by Gasteiger charge is 2.13. The number of nitrogens with two attached hydrogens (primary N) is 1. The molecule has 2 atom stereocenters. The van der Waals surface area contributed by atoms with Gasteiger partial charge in [0, 0.05) is 18.4 Å². The van der Waals surface area contributed by atoms with Crippen LogP contribution < -0.4 is 11.1 Å². The van der Waals surface area contributed by atoms with Gasteiger partial charge in [-0.15, -0.1) is 0 Å². The third-order valence-electron chi connectivity index (χ3n) is 2.83. The van der Waals surface area contributed by atoms with Crippen LogP contribution in [0.2, 0.25) is 0 Å². The van der Waals surface area contributed by atoms with E-state index in [1.54, 1.807) is 6.20 Å². The molecule has 0 saturated carbocycles. The van der Waals surface area contributed by atoms with Crippen molar-refractivity contribution in [1.82, 2.24) is 10.3 Å². The fourth-order valence-electron chi connectivity index (χ4n) is 2.02. The van der Waals surface area contributed by atoms with Crippen LogP contribution in [0.5, 0.6) is 0 Å². The molecule has 0 saturated heterocycles. The predicted octanol–water partition coefficient (Wildman–Crippen LogP) is 2.26. The van der Waals surface area contributed by atoms with Crippen LogP contribution in [-0.4, -0.2) is 11.1 Å². The molecule has 1 heterocycles. The zero-order valence-electron chi connectivity index (χ0n) is 10.6. The quantitative estimate of drug-likeness (QED) is 0.789. The predicted molar refractivity (Wildman–Crippen MR) is 73.9 cm³/mol. The lowest BCUT2D eigenvalue weighted by Crippen LogP contribution is -2.38. The van der Waals surface area contributed by atoms with Crippen LogP contribution in [0.4, 0.5) is 0 Å². The number of pyridine rings is 1. The van der Waals surface area contributed by atoms with Gasteiger partial charge < -0.3 is 5.73 Å². The van der Waals surface area contributed by atoms with Crippen molar-refractivity contribution in [2.75, 3.05) is 0 Å². The molecule has 0 aliphatic heterocycles. The van der Waals surface area contributed by atoms with Crippen molar-refractivity contribution in [2.24, 2.45) is 5.73 Å². The lowest BCUT2D eigenvalue weighted by Gasteiger charge is -2.21. The molecule has 0 spiro atoms. The first-order valence-corrected chi connectivity index (χ1v) is 6.21. The van der Waals surface area contributed by atoms with Gasteiger partial charge in [-0.25, -0.2) is 0 Å². The Bertz CT molecular complexity index is 454. The molecule has 3 N–H and O–H groups in total. The number of hydrogen-bond acceptors (Lipinski definition) is 3. The fraction of sp³-hybridized carbons (Fsp3) is 0.267. The van der Waals surface area contributed by atoms with Crippen LogP contribution in [0.1, 0.15) is 24.1 Å². The minimum absolute atomic E-state index is 0.0427. The number of rotatable bonds is 5. The molecule has 2 aromatic rings. The highest BCUT2D eigenvalue weighted by atomic mass is 15.0. The van der Waals surface area contributed by atoms with Crippen LogP contribution in [0.15, 0.2) is 54.9 Å². The Labute approximate surface area is 108 Å². The summed E-state index contributed by atoms with van der Waals surface area (Å²) in [6.07, 6.45) is 4.55. The lowest BCUT2D eigenvalue weighted by atomic mass is 10.00. The van der Waals surface area contributed by atoms with Crippen molar-refractivity contribution in [2.45, 2.75) is 25.6 Å². The van der Waals surface area contributed by atoms with E-state index in [4.69, 9.17) is 5.73 Å². The Balaban J connectivity index is 2.16. The standard InChI is InChI=1S/C15H19N3/c1-12(16)18-15(14-8-5-9-17-11-14)10-13-6-3-2-4-7-13/h2-9,11-12,15,18H,10,16H2,1H3. The summed E-state index contributed by atoms with van der Waals surface area (Å²) in [5.41, 5.74) is 8.31. The van der Waals surface area contributed by atoms with Crippen LogP contribution in [0, 0.1) is 0 Å². The first-order chi connectivity index (χ1) is 8.75. The maximum Gasteiger partial charge on any atom is 0.0521 e. The Morgan fingerprint density at radius 2 is 1.94 bits per heavy atom. The van der Waals surface area contributed by atoms with Gasteiger partial charge in [0.15, 0.2) is 0 Å². The normalized spacial score (nSPS) is 14.1. The van der Waals surface area contributed by atoms with E-state index in [9.17, 15) is 0 Å². The van der Waals surface area contributed by atoms with E-state index in [-0.39, 0.29) is 12.2 Å².